The fourth-order valence-corrected chi connectivity index (χ4v) is 2.56. The van der Waals surface area contributed by atoms with E-state index >= 15 is 0 Å². The monoisotopic (exact) mass is 484 g/mol. The van der Waals surface area contributed by atoms with Gasteiger partial charge in [-0.15, -0.1) is 24.0 Å². The SMILES string of the molecule is CN=C(NCCc1ccc2c(c1)OCO2)NCc1ccc([N+](=O)[O-])cc1.I. The lowest BCUT2D eigenvalue weighted by Gasteiger charge is -2.12. The summed E-state index contributed by atoms with van der Waals surface area (Å²) in [6.07, 6.45) is 0.814. The molecule has 0 radical (unpaired) electrons. The van der Waals surface area contributed by atoms with Crippen LogP contribution in [0.15, 0.2) is 47.5 Å². The predicted molar refractivity (Wildman–Crippen MR) is 113 cm³/mol. The normalized spacial score (nSPS) is 12.3. The Balaban J connectivity index is 0.00000261. The Morgan fingerprint density at radius 1 is 1.11 bits per heavy atom. The number of aliphatic imine (C=N–C) groups is 1. The summed E-state index contributed by atoms with van der Waals surface area (Å²) in [6.45, 7) is 1.51. The molecule has 0 spiro atoms. The van der Waals surface area contributed by atoms with Gasteiger partial charge in [-0.1, -0.05) is 18.2 Å². The fourth-order valence-electron chi connectivity index (χ4n) is 2.56. The Labute approximate surface area is 174 Å². The van der Waals surface area contributed by atoms with E-state index in [9.17, 15) is 10.1 Å². The number of nitro groups is 1. The Morgan fingerprint density at radius 2 is 1.81 bits per heavy atom. The van der Waals surface area contributed by atoms with E-state index in [0.717, 1.165) is 29.0 Å². The van der Waals surface area contributed by atoms with Crippen molar-refractivity contribution in [2.75, 3.05) is 20.4 Å². The smallest absolute Gasteiger partial charge is 0.269 e. The molecule has 0 aromatic heterocycles. The zero-order valence-electron chi connectivity index (χ0n) is 14.8. The van der Waals surface area contributed by atoms with Crippen molar-refractivity contribution in [1.82, 2.24) is 10.6 Å². The van der Waals surface area contributed by atoms with E-state index in [1.165, 1.54) is 12.1 Å². The Bertz CT molecular complexity index is 812. The number of guanidine groups is 1. The second-order valence-corrected chi connectivity index (χ2v) is 5.71. The zero-order chi connectivity index (χ0) is 18.4. The number of ether oxygens (including phenoxy) is 2. The van der Waals surface area contributed by atoms with Crippen LogP contribution in [0.5, 0.6) is 11.5 Å². The number of hydrogen-bond donors (Lipinski definition) is 2. The largest absolute Gasteiger partial charge is 0.454 e. The second kappa shape index (κ2) is 9.95. The van der Waals surface area contributed by atoms with Gasteiger partial charge in [-0.2, -0.15) is 0 Å². The van der Waals surface area contributed by atoms with Crippen LogP contribution in [-0.4, -0.2) is 31.3 Å². The highest BCUT2D eigenvalue weighted by molar-refractivity contribution is 14.0. The molecule has 27 heavy (non-hydrogen) atoms. The Morgan fingerprint density at radius 3 is 2.52 bits per heavy atom. The molecule has 0 atom stereocenters. The van der Waals surface area contributed by atoms with Crippen molar-refractivity contribution in [3.05, 3.63) is 63.7 Å². The number of fused-ring (bicyclic) bond motifs is 1. The van der Waals surface area contributed by atoms with E-state index in [0.29, 0.717) is 19.0 Å². The standard InChI is InChI=1S/C18H20N4O4.HI/c1-19-18(21-11-14-2-5-15(6-3-14)22(23)24)20-9-8-13-4-7-16-17(10-13)26-12-25-16;/h2-7,10H,8-9,11-12H2,1H3,(H2,19,20,21);1H. The van der Waals surface area contributed by atoms with Crippen molar-refractivity contribution in [2.45, 2.75) is 13.0 Å². The molecule has 0 unspecified atom stereocenters. The van der Waals surface area contributed by atoms with Crippen molar-refractivity contribution in [3.8, 4) is 11.5 Å². The Kier molecular flexibility index (Phi) is 7.65. The molecule has 1 heterocycles. The minimum Gasteiger partial charge on any atom is -0.454 e. The third-order valence-electron chi connectivity index (χ3n) is 3.97. The van der Waals surface area contributed by atoms with Crippen molar-refractivity contribution in [1.29, 1.82) is 0 Å². The summed E-state index contributed by atoms with van der Waals surface area (Å²) < 4.78 is 10.7. The highest BCUT2D eigenvalue weighted by Gasteiger charge is 2.13. The molecule has 0 saturated carbocycles. The van der Waals surface area contributed by atoms with Crippen LogP contribution in [0.2, 0.25) is 0 Å². The number of halogens is 1. The van der Waals surface area contributed by atoms with Gasteiger partial charge in [0.1, 0.15) is 0 Å². The third-order valence-corrected chi connectivity index (χ3v) is 3.97. The van der Waals surface area contributed by atoms with Crippen LogP contribution >= 0.6 is 24.0 Å². The van der Waals surface area contributed by atoms with E-state index < -0.39 is 4.92 Å². The van der Waals surface area contributed by atoms with E-state index in [1.807, 2.05) is 18.2 Å². The number of nitrogens with one attached hydrogen (secondary N) is 2. The van der Waals surface area contributed by atoms with Crippen LogP contribution in [0.1, 0.15) is 11.1 Å². The number of rotatable bonds is 6. The first-order valence-corrected chi connectivity index (χ1v) is 8.22. The van der Waals surface area contributed by atoms with Gasteiger partial charge in [0.2, 0.25) is 6.79 Å². The maximum absolute atomic E-state index is 10.7. The summed E-state index contributed by atoms with van der Waals surface area (Å²) in [5.74, 6) is 2.23. The van der Waals surface area contributed by atoms with Gasteiger partial charge in [0.25, 0.3) is 5.69 Å². The van der Waals surface area contributed by atoms with E-state index in [2.05, 4.69) is 15.6 Å². The summed E-state index contributed by atoms with van der Waals surface area (Å²) >= 11 is 0. The van der Waals surface area contributed by atoms with Crippen LogP contribution < -0.4 is 20.1 Å². The summed E-state index contributed by atoms with van der Waals surface area (Å²) in [7, 11) is 1.70. The van der Waals surface area contributed by atoms with Crippen LogP contribution in [-0.2, 0) is 13.0 Å². The molecule has 144 valence electrons. The number of non-ortho nitro benzene ring substituents is 1. The Hall–Kier alpha value is -2.56. The number of nitro benzene ring substituents is 1. The van der Waals surface area contributed by atoms with Gasteiger partial charge >= 0.3 is 0 Å². The minimum absolute atomic E-state index is 0. The highest BCUT2D eigenvalue weighted by Crippen LogP contribution is 2.32. The van der Waals surface area contributed by atoms with Gasteiger partial charge in [0, 0.05) is 32.3 Å². The highest BCUT2D eigenvalue weighted by atomic mass is 127. The lowest BCUT2D eigenvalue weighted by molar-refractivity contribution is -0.384. The van der Waals surface area contributed by atoms with Gasteiger partial charge in [-0.05, 0) is 29.7 Å². The molecule has 1 aliphatic heterocycles. The maximum Gasteiger partial charge on any atom is 0.269 e. The summed E-state index contributed by atoms with van der Waals surface area (Å²) in [6, 6.07) is 12.4. The maximum atomic E-state index is 10.7. The molecule has 0 aliphatic carbocycles. The molecule has 2 aromatic rings. The van der Waals surface area contributed by atoms with Crippen molar-refractivity contribution < 1.29 is 14.4 Å². The number of nitrogens with zero attached hydrogens (tertiary/aromatic N) is 2. The molecule has 9 heteroatoms. The van der Waals surface area contributed by atoms with Crippen LogP contribution in [0.4, 0.5) is 5.69 Å². The molecule has 0 amide bonds. The first kappa shape index (κ1) is 20.7. The molecule has 8 nitrogen and oxygen atoms in total. The molecule has 0 saturated heterocycles. The predicted octanol–water partition coefficient (Wildman–Crippen LogP) is 2.85. The zero-order valence-corrected chi connectivity index (χ0v) is 17.1. The quantitative estimate of drug-likeness (QED) is 0.215. The number of benzene rings is 2. The second-order valence-electron chi connectivity index (χ2n) is 5.71. The molecule has 3 rings (SSSR count). The van der Waals surface area contributed by atoms with Crippen molar-refractivity contribution >= 4 is 35.6 Å². The topological polar surface area (TPSA) is 98.0 Å². The average molecular weight is 484 g/mol. The van der Waals surface area contributed by atoms with Crippen molar-refractivity contribution in [2.24, 2.45) is 4.99 Å². The molecular formula is C18H21IN4O4. The van der Waals surface area contributed by atoms with E-state index in [4.69, 9.17) is 9.47 Å². The minimum atomic E-state index is -0.409. The molecule has 0 fully saturated rings. The van der Waals surface area contributed by atoms with Gasteiger partial charge < -0.3 is 20.1 Å². The summed E-state index contributed by atoms with van der Waals surface area (Å²) in [5, 5.41) is 17.1. The summed E-state index contributed by atoms with van der Waals surface area (Å²) in [4.78, 5) is 14.4. The van der Waals surface area contributed by atoms with Gasteiger partial charge in [0.05, 0.1) is 4.92 Å². The lowest BCUT2D eigenvalue weighted by atomic mass is 10.1. The summed E-state index contributed by atoms with van der Waals surface area (Å²) in [5.41, 5.74) is 2.17. The van der Waals surface area contributed by atoms with Gasteiger partial charge in [0.15, 0.2) is 17.5 Å². The van der Waals surface area contributed by atoms with Crippen LogP contribution in [0.3, 0.4) is 0 Å². The third kappa shape index (κ3) is 5.71. The molecule has 1 aliphatic rings. The molecule has 0 bridgehead atoms. The van der Waals surface area contributed by atoms with E-state index in [1.54, 1.807) is 19.2 Å². The fraction of sp³-hybridized carbons (Fsp3) is 0.278. The first-order valence-electron chi connectivity index (χ1n) is 8.22. The first-order chi connectivity index (χ1) is 12.7. The molecule has 2 aromatic carbocycles. The van der Waals surface area contributed by atoms with Crippen LogP contribution in [0, 0.1) is 10.1 Å². The molecule has 2 N–H and O–H groups in total. The molecular weight excluding hydrogens is 463 g/mol. The average Bonchev–Trinajstić information content (AvgIpc) is 3.12. The number of hydrogen-bond acceptors (Lipinski definition) is 5. The van der Waals surface area contributed by atoms with E-state index in [-0.39, 0.29) is 36.5 Å². The van der Waals surface area contributed by atoms with Crippen LogP contribution in [0.25, 0.3) is 0 Å². The van der Waals surface area contributed by atoms with Gasteiger partial charge in [-0.25, -0.2) is 0 Å². The lowest BCUT2D eigenvalue weighted by Crippen LogP contribution is -2.37. The van der Waals surface area contributed by atoms with Gasteiger partial charge in [-0.3, -0.25) is 15.1 Å². The van der Waals surface area contributed by atoms with Crippen molar-refractivity contribution in [3.63, 3.8) is 0 Å².